The van der Waals surface area contributed by atoms with Gasteiger partial charge >= 0.3 is 6.09 Å². The normalized spacial score (nSPS) is 13.3. The van der Waals surface area contributed by atoms with Crippen LogP contribution in [0, 0.1) is 0 Å². The summed E-state index contributed by atoms with van der Waals surface area (Å²) in [5, 5.41) is 2.98. The van der Waals surface area contributed by atoms with E-state index in [0.717, 1.165) is 0 Å². The summed E-state index contributed by atoms with van der Waals surface area (Å²) >= 11 is 6.04. The van der Waals surface area contributed by atoms with Crippen LogP contribution in [-0.4, -0.2) is 25.4 Å². The van der Waals surface area contributed by atoms with Gasteiger partial charge in [-0.1, -0.05) is 11.6 Å². The minimum Gasteiger partial charge on any atom is -0.486 e. The van der Waals surface area contributed by atoms with Crippen LogP contribution in [0.25, 0.3) is 0 Å². The van der Waals surface area contributed by atoms with Crippen molar-refractivity contribution in [2.45, 2.75) is 20.0 Å². The Morgan fingerprint density at radius 1 is 1.39 bits per heavy atom. The van der Waals surface area contributed by atoms with Gasteiger partial charge in [-0.3, -0.25) is 5.32 Å². The standard InChI is InChI=1S/C12H14ClNO4/c1-7(2)18-12(15)14-8-5-9(13)11-10(6-8)16-3-4-17-11/h5-7H,3-4H2,1-2H3,(H,14,15). The number of hydrogen-bond donors (Lipinski definition) is 1. The van der Waals surface area contributed by atoms with Crippen molar-refractivity contribution in [1.82, 2.24) is 0 Å². The van der Waals surface area contributed by atoms with E-state index in [2.05, 4.69) is 5.32 Å². The van der Waals surface area contributed by atoms with E-state index in [1.807, 2.05) is 0 Å². The summed E-state index contributed by atoms with van der Waals surface area (Å²) in [7, 11) is 0. The van der Waals surface area contributed by atoms with Crippen molar-refractivity contribution in [2.75, 3.05) is 18.5 Å². The molecule has 0 aromatic heterocycles. The zero-order valence-electron chi connectivity index (χ0n) is 10.2. The van der Waals surface area contributed by atoms with Crippen molar-refractivity contribution in [3.63, 3.8) is 0 Å². The number of ether oxygens (including phenoxy) is 3. The summed E-state index contributed by atoms with van der Waals surface area (Å²) in [6.07, 6.45) is -0.713. The average Bonchev–Trinajstić information content (AvgIpc) is 2.27. The van der Waals surface area contributed by atoms with E-state index in [4.69, 9.17) is 25.8 Å². The Morgan fingerprint density at radius 2 is 2.11 bits per heavy atom. The Balaban J connectivity index is 2.14. The van der Waals surface area contributed by atoms with Crippen molar-refractivity contribution in [1.29, 1.82) is 0 Å². The molecule has 1 aromatic carbocycles. The monoisotopic (exact) mass is 271 g/mol. The molecule has 0 atom stereocenters. The molecule has 2 rings (SSSR count). The highest BCUT2D eigenvalue weighted by molar-refractivity contribution is 6.32. The van der Waals surface area contributed by atoms with E-state index in [1.165, 1.54) is 0 Å². The number of hydrogen-bond acceptors (Lipinski definition) is 4. The zero-order valence-corrected chi connectivity index (χ0v) is 10.9. The quantitative estimate of drug-likeness (QED) is 0.898. The van der Waals surface area contributed by atoms with E-state index in [9.17, 15) is 4.79 Å². The van der Waals surface area contributed by atoms with Gasteiger partial charge in [-0.2, -0.15) is 0 Å². The molecule has 5 nitrogen and oxygen atoms in total. The highest BCUT2D eigenvalue weighted by Gasteiger charge is 2.17. The first kappa shape index (κ1) is 12.8. The molecule has 0 bridgehead atoms. The minimum atomic E-state index is -0.530. The fraction of sp³-hybridized carbons (Fsp3) is 0.417. The third-order valence-electron chi connectivity index (χ3n) is 2.19. The van der Waals surface area contributed by atoms with Gasteiger partial charge in [0.2, 0.25) is 0 Å². The highest BCUT2D eigenvalue weighted by atomic mass is 35.5. The molecule has 0 fully saturated rings. The van der Waals surface area contributed by atoms with Crippen LogP contribution in [0.2, 0.25) is 5.02 Å². The van der Waals surface area contributed by atoms with Gasteiger partial charge in [0.05, 0.1) is 11.1 Å². The highest BCUT2D eigenvalue weighted by Crippen LogP contribution is 2.39. The van der Waals surface area contributed by atoms with Crippen molar-refractivity contribution in [2.24, 2.45) is 0 Å². The second-order valence-electron chi connectivity index (χ2n) is 4.06. The van der Waals surface area contributed by atoms with Crippen LogP contribution in [0.15, 0.2) is 12.1 Å². The van der Waals surface area contributed by atoms with E-state index < -0.39 is 6.09 Å². The van der Waals surface area contributed by atoms with Gasteiger partial charge in [-0.25, -0.2) is 4.79 Å². The van der Waals surface area contributed by atoms with Gasteiger partial charge < -0.3 is 14.2 Å². The van der Waals surface area contributed by atoms with Crippen molar-refractivity contribution < 1.29 is 19.0 Å². The maximum Gasteiger partial charge on any atom is 0.411 e. The van der Waals surface area contributed by atoms with Gasteiger partial charge in [-0.05, 0) is 19.9 Å². The first-order valence-corrected chi connectivity index (χ1v) is 6.01. The van der Waals surface area contributed by atoms with E-state index in [1.54, 1.807) is 26.0 Å². The molecule has 1 aliphatic heterocycles. The zero-order chi connectivity index (χ0) is 13.1. The van der Waals surface area contributed by atoms with Crippen molar-refractivity contribution >= 4 is 23.4 Å². The maximum absolute atomic E-state index is 11.5. The Hall–Kier alpha value is -1.62. The van der Waals surface area contributed by atoms with E-state index in [-0.39, 0.29) is 6.10 Å². The number of fused-ring (bicyclic) bond motifs is 1. The fourth-order valence-electron chi connectivity index (χ4n) is 1.54. The van der Waals surface area contributed by atoms with Gasteiger partial charge in [0.1, 0.15) is 13.2 Å². The predicted molar refractivity (Wildman–Crippen MR) is 67.7 cm³/mol. The van der Waals surface area contributed by atoms with Gasteiger partial charge in [0.15, 0.2) is 11.5 Å². The van der Waals surface area contributed by atoms with Crippen LogP contribution in [0.5, 0.6) is 11.5 Å². The van der Waals surface area contributed by atoms with Gasteiger partial charge in [0, 0.05) is 11.8 Å². The molecule has 0 aliphatic carbocycles. The molecule has 1 heterocycles. The van der Waals surface area contributed by atoms with E-state index in [0.29, 0.717) is 35.4 Å². The molecular formula is C12H14ClNO4. The first-order valence-electron chi connectivity index (χ1n) is 5.63. The Labute approximate surface area is 110 Å². The second kappa shape index (κ2) is 5.35. The lowest BCUT2D eigenvalue weighted by Gasteiger charge is -2.20. The number of nitrogens with one attached hydrogen (secondary N) is 1. The smallest absolute Gasteiger partial charge is 0.411 e. The third-order valence-corrected chi connectivity index (χ3v) is 2.47. The van der Waals surface area contributed by atoms with Crippen molar-refractivity contribution in [3.8, 4) is 11.5 Å². The topological polar surface area (TPSA) is 56.8 Å². The molecule has 18 heavy (non-hydrogen) atoms. The van der Waals surface area contributed by atoms with Crippen LogP contribution in [0.1, 0.15) is 13.8 Å². The summed E-state index contributed by atoms with van der Waals surface area (Å²) in [6, 6.07) is 3.25. The van der Waals surface area contributed by atoms with Crippen LogP contribution < -0.4 is 14.8 Å². The first-order chi connectivity index (χ1) is 8.56. The number of carbonyl (C=O) groups excluding carboxylic acids is 1. The lowest BCUT2D eigenvalue weighted by molar-refractivity contribution is 0.130. The number of halogens is 1. The third kappa shape index (κ3) is 2.98. The molecular weight excluding hydrogens is 258 g/mol. The second-order valence-corrected chi connectivity index (χ2v) is 4.47. The maximum atomic E-state index is 11.5. The summed E-state index contributed by atoms with van der Waals surface area (Å²) < 4.78 is 15.8. The molecule has 0 unspecified atom stereocenters. The van der Waals surface area contributed by atoms with Gasteiger partial charge in [0.25, 0.3) is 0 Å². The SMILES string of the molecule is CC(C)OC(=O)Nc1cc(Cl)c2c(c1)OCCO2. The molecule has 0 saturated carbocycles. The summed E-state index contributed by atoms with van der Waals surface area (Å²) in [4.78, 5) is 11.5. The molecule has 1 N–H and O–H groups in total. The number of benzene rings is 1. The summed E-state index contributed by atoms with van der Waals surface area (Å²) in [5.74, 6) is 1.03. The van der Waals surface area contributed by atoms with Gasteiger partial charge in [-0.15, -0.1) is 0 Å². The molecule has 0 spiro atoms. The molecule has 1 aromatic rings. The average molecular weight is 272 g/mol. The molecule has 0 radical (unpaired) electrons. The van der Waals surface area contributed by atoms with Crippen LogP contribution in [0.4, 0.5) is 10.5 Å². The number of carbonyl (C=O) groups is 1. The Bertz CT molecular complexity index is 462. The predicted octanol–water partition coefficient (Wildman–Crippen LogP) is 3.07. The van der Waals surface area contributed by atoms with Crippen LogP contribution in [0.3, 0.4) is 0 Å². The molecule has 1 aliphatic rings. The molecule has 98 valence electrons. The lowest BCUT2D eigenvalue weighted by Crippen LogP contribution is -2.19. The Morgan fingerprint density at radius 3 is 2.83 bits per heavy atom. The minimum absolute atomic E-state index is 0.183. The molecule has 6 heteroatoms. The van der Waals surface area contributed by atoms with Crippen LogP contribution in [-0.2, 0) is 4.74 Å². The number of anilines is 1. The summed E-state index contributed by atoms with van der Waals surface area (Å²) in [5.41, 5.74) is 0.509. The fourth-order valence-corrected chi connectivity index (χ4v) is 1.81. The van der Waals surface area contributed by atoms with Crippen molar-refractivity contribution in [3.05, 3.63) is 17.2 Å². The number of amides is 1. The summed E-state index contributed by atoms with van der Waals surface area (Å²) in [6.45, 7) is 4.48. The van der Waals surface area contributed by atoms with Crippen LogP contribution >= 0.6 is 11.6 Å². The largest absolute Gasteiger partial charge is 0.486 e. The molecule has 0 saturated heterocycles. The number of rotatable bonds is 2. The van der Waals surface area contributed by atoms with E-state index >= 15 is 0 Å². The lowest BCUT2D eigenvalue weighted by atomic mass is 10.2. The Kier molecular flexibility index (Phi) is 3.81. The molecule has 1 amide bonds.